The van der Waals surface area contributed by atoms with E-state index < -0.39 is 10.0 Å². The average molecular weight is 481 g/mol. The van der Waals surface area contributed by atoms with Gasteiger partial charge in [-0.15, -0.1) is 11.3 Å². The molecule has 2 saturated heterocycles. The van der Waals surface area contributed by atoms with Crippen molar-refractivity contribution in [3.05, 3.63) is 59.1 Å². The van der Waals surface area contributed by atoms with Crippen molar-refractivity contribution in [2.45, 2.75) is 36.6 Å². The molecular formula is C24H24N4O3S2. The number of carbonyl (C=O) groups is 1. The van der Waals surface area contributed by atoms with Crippen LogP contribution in [0.2, 0.25) is 0 Å². The first kappa shape index (κ1) is 22.0. The molecule has 33 heavy (non-hydrogen) atoms. The summed E-state index contributed by atoms with van der Waals surface area (Å²) < 4.78 is 28.7. The summed E-state index contributed by atoms with van der Waals surface area (Å²) in [6.07, 6.45) is 2.82. The van der Waals surface area contributed by atoms with E-state index in [1.54, 1.807) is 23.5 Å². The van der Waals surface area contributed by atoms with Gasteiger partial charge in [-0.2, -0.15) is 9.57 Å². The molecule has 0 spiro atoms. The van der Waals surface area contributed by atoms with Gasteiger partial charge >= 0.3 is 0 Å². The first-order valence-electron chi connectivity index (χ1n) is 11.1. The van der Waals surface area contributed by atoms with Crippen LogP contribution in [-0.2, 0) is 14.8 Å². The standard InChI is InChI=1S/C24H24N4O3S2/c25-16-18-6-1-4-10-22(18)33(30,31)27-14-11-17(12-15-27)24(29)28-13-5-8-20(28)23-26-19-7-2-3-9-21(19)32-23/h1-4,6-7,9-10,17,20H,5,8,11-15H2/t20-/m0/s1. The van der Waals surface area contributed by atoms with Crippen molar-refractivity contribution >= 4 is 37.5 Å². The summed E-state index contributed by atoms with van der Waals surface area (Å²) in [6.45, 7) is 1.27. The van der Waals surface area contributed by atoms with Gasteiger partial charge in [0.1, 0.15) is 11.1 Å². The molecule has 0 radical (unpaired) electrons. The number of sulfonamides is 1. The lowest BCUT2D eigenvalue weighted by atomic mass is 9.96. The van der Waals surface area contributed by atoms with E-state index in [0.29, 0.717) is 19.4 Å². The van der Waals surface area contributed by atoms with Crippen LogP contribution in [0.1, 0.15) is 42.3 Å². The van der Waals surface area contributed by atoms with Crippen molar-refractivity contribution < 1.29 is 13.2 Å². The molecule has 2 aromatic carbocycles. The minimum Gasteiger partial charge on any atom is -0.333 e. The molecule has 1 atom stereocenters. The van der Waals surface area contributed by atoms with E-state index in [-0.39, 0.29) is 41.4 Å². The number of piperidine rings is 1. The highest BCUT2D eigenvalue weighted by molar-refractivity contribution is 7.89. The molecule has 0 N–H and O–H groups in total. The van der Waals surface area contributed by atoms with E-state index in [0.717, 1.165) is 28.1 Å². The molecular weight excluding hydrogens is 456 g/mol. The molecule has 3 aromatic rings. The predicted molar refractivity (Wildman–Crippen MR) is 126 cm³/mol. The second-order valence-corrected chi connectivity index (χ2v) is 11.5. The van der Waals surface area contributed by atoms with E-state index in [2.05, 4.69) is 6.07 Å². The van der Waals surface area contributed by atoms with Gasteiger partial charge in [-0.05, 0) is 49.9 Å². The van der Waals surface area contributed by atoms with Crippen molar-refractivity contribution in [3.8, 4) is 6.07 Å². The van der Waals surface area contributed by atoms with Crippen LogP contribution in [0, 0.1) is 17.2 Å². The van der Waals surface area contributed by atoms with Crippen LogP contribution in [0.25, 0.3) is 10.2 Å². The maximum atomic E-state index is 13.4. The molecule has 0 unspecified atom stereocenters. The third-order valence-corrected chi connectivity index (χ3v) is 9.65. The Labute approximate surface area is 197 Å². The van der Waals surface area contributed by atoms with Crippen molar-refractivity contribution in [2.75, 3.05) is 19.6 Å². The molecule has 2 fully saturated rings. The largest absolute Gasteiger partial charge is 0.333 e. The number of aromatic nitrogens is 1. The summed E-state index contributed by atoms with van der Waals surface area (Å²) in [6, 6.07) is 16.2. The zero-order valence-corrected chi connectivity index (χ0v) is 19.7. The van der Waals surface area contributed by atoms with Crippen LogP contribution in [0.3, 0.4) is 0 Å². The molecule has 2 aliphatic rings. The summed E-state index contributed by atoms with van der Waals surface area (Å²) in [4.78, 5) is 20.2. The van der Waals surface area contributed by atoms with E-state index in [9.17, 15) is 18.5 Å². The summed E-state index contributed by atoms with van der Waals surface area (Å²) in [5.74, 6) is -0.0936. The van der Waals surface area contributed by atoms with Crippen molar-refractivity contribution in [3.63, 3.8) is 0 Å². The van der Waals surface area contributed by atoms with E-state index in [1.807, 2.05) is 29.2 Å². The van der Waals surface area contributed by atoms with Gasteiger partial charge in [0.05, 0.1) is 26.7 Å². The third-order valence-electron chi connectivity index (χ3n) is 6.56. The first-order valence-corrected chi connectivity index (χ1v) is 13.4. The van der Waals surface area contributed by atoms with E-state index >= 15 is 0 Å². The Morgan fingerprint density at radius 2 is 1.76 bits per heavy atom. The van der Waals surface area contributed by atoms with Gasteiger partial charge in [0.2, 0.25) is 15.9 Å². The molecule has 7 nitrogen and oxygen atoms in total. The maximum absolute atomic E-state index is 13.4. The smallest absolute Gasteiger partial charge is 0.244 e. The molecule has 2 aliphatic heterocycles. The second kappa shape index (κ2) is 8.86. The highest BCUT2D eigenvalue weighted by Gasteiger charge is 2.39. The number of nitriles is 1. The monoisotopic (exact) mass is 480 g/mol. The number of carbonyl (C=O) groups excluding carboxylic acids is 1. The number of benzene rings is 2. The van der Waals surface area contributed by atoms with Crippen LogP contribution in [0.5, 0.6) is 0 Å². The number of amides is 1. The molecule has 0 saturated carbocycles. The molecule has 0 aliphatic carbocycles. The lowest BCUT2D eigenvalue weighted by molar-refractivity contribution is -0.137. The fourth-order valence-electron chi connectivity index (χ4n) is 4.82. The molecule has 3 heterocycles. The Bertz CT molecular complexity index is 1300. The molecule has 5 rings (SSSR count). The van der Waals surface area contributed by atoms with E-state index in [1.165, 1.54) is 16.4 Å². The number of para-hydroxylation sites is 1. The summed E-state index contributed by atoms with van der Waals surface area (Å²) in [7, 11) is -3.76. The van der Waals surface area contributed by atoms with Crippen molar-refractivity contribution in [1.29, 1.82) is 5.26 Å². The number of fused-ring (bicyclic) bond motifs is 1. The lowest BCUT2D eigenvalue weighted by Gasteiger charge is -2.34. The molecule has 1 amide bonds. The Hall–Kier alpha value is -2.80. The normalized spacial score (nSPS) is 20.2. The predicted octanol–water partition coefficient (Wildman–Crippen LogP) is 3.93. The number of rotatable bonds is 4. The molecule has 0 bridgehead atoms. The third kappa shape index (κ3) is 4.03. The van der Waals surface area contributed by atoms with E-state index in [4.69, 9.17) is 4.98 Å². The Morgan fingerprint density at radius 3 is 2.52 bits per heavy atom. The summed E-state index contributed by atoms with van der Waals surface area (Å²) in [5.41, 5.74) is 1.11. The minimum atomic E-state index is -3.76. The van der Waals surface area contributed by atoms with Gasteiger partial charge in [-0.3, -0.25) is 4.79 Å². The number of hydrogen-bond donors (Lipinski definition) is 0. The molecule has 9 heteroatoms. The average Bonchev–Trinajstić information content (AvgIpc) is 3.50. The van der Waals surface area contributed by atoms with Gasteiger partial charge in [-0.1, -0.05) is 24.3 Å². The van der Waals surface area contributed by atoms with Crippen molar-refractivity contribution in [2.24, 2.45) is 5.92 Å². The van der Waals surface area contributed by atoms with Crippen LogP contribution >= 0.6 is 11.3 Å². The van der Waals surface area contributed by atoms with Gasteiger partial charge in [0.15, 0.2) is 0 Å². The first-order chi connectivity index (χ1) is 16.0. The molecule has 170 valence electrons. The Balaban J connectivity index is 1.29. The van der Waals surface area contributed by atoms with Gasteiger partial charge in [0, 0.05) is 25.6 Å². The number of thiazole rings is 1. The van der Waals surface area contributed by atoms with Gasteiger partial charge in [-0.25, -0.2) is 13.4 Å². The summed E-state index contributed by atoms with van der Waals surface area (Å²) >= 11 is 1.65. The zero-order valence-electron chi connectivity index (χ0n) is 18.1. The SMILES string of the molecule is N#Cc1ccccc1S(=O)(=O)N1CCC(C(=O)N2CCC[C@H]2c2nc3ccccc3s2)CC1. The fraction of sp³-hybridized carbons (Fsp3) is 0.375. The minimum absolute atomic E-state index is 0.000771. The highest BCUT2D eigenvalue weighted by Crippen LogP contribution is 2.38. The quantitative estimate of drug-likeness (QED) is 0.564. The van der Waals surface area contributed by atoms with Crippen LogP contribution < -0.4 is 0 Å². The van der Waals surface area contributed by atoms with Crippen molar-refractivity contribution in [1.82, 2.24) is 14.2 Å². The van der Waals surface area contributed by atoms with Crippen LogP contribution in [-0.4, -0.2) is 48.1 Å². The summed E-state index contributed by atoms with van der Waals surface area (Å²) in [5, 5.41) is 10.3. The lowest BCUT2D eigenvalue weighted by Crippen LogP contribution is -2.44. The topological polar surface area (TPSA) is 94.4 Å². The number of likely N-dealkylation sites (tertiary alicyclic amines) is 1. The van der Waals surface area contributed by atoms with Crippen LogP contribution in [0.4, 0.5) is 0 Å². The Kier molecular flexibility index (Phi) is 5.91. The van der Waals surface area contributed by atoms with Gasteiger partial charge < -0.3 is 4.90 Å². The highest BCUT2D eigenvalue weighted by atomic mass is 32.2. The second-order valence-electron chi connectivity index (χ2n) is 8.50. The Morgan fingerprint density at radius 1 is 1.03 bits per heavy atom. The van der Waals surface area contributed by atoms with Crippen LogP contribution in [0.15, 0.2) is 53.4 Å². The number of nitrogens with zero attached hydrogens (tertiary/aromatic N) is 4. The zero-order chi connectivity index (χ0) is 23.0. The maximum Gasteiger partial charge on any atom is 0.244 e. The van der Waals surface area contributed by atoms with Gasteiger partial charge in [0.25, 0.3) is 0 Å². The fourth-order valence-corrected chi connectivity index (χ4v) is 7.55. The molecule has 1 aromatic heterocycles. The number of hydrogen-bond acceptors (Lipinski definition) is 6.